The number of carbonyl (C=O) groups excluding carboxylic acids is 1. The minimum absolute atomic E-state index is 0.0495. The van der Waals surface area contributed by atoms with Crippen molar-refractivity contribution < 1.29 is 9.63 Å². The highest BCUT2D eigenvalue weighted by Gasteiger charge is 2.22. The molecule has 1 amide bonds. The lowest BCUT2D eigenvalue weighted by atomic mass is 10.2. The fourth-order valence-electron chi connectivity index (χ4n) is 4.56. The zero-order valence-corrected chi connectivity index (χ0v) is 18.2. The Hall–Kier alpha value is -3.73. The van der Waals surface area contributed by atoms with Crippen LogP contribution in [0.2, 0.25) is 0 Å². The lowest BCUT2D eigenvalue weighted by Gasteiger charge is -2.34. The van der Waals surface area contributed by atoms with Crippen molar-refractivity contribution in [1.82, 2.24) is 24.8 Å². The van der Waals surface area contributed by atoms with Crippen LogP contribution < -0.4 is 21.5 Å². The Bertz CT molecular complexity index is 1200. The average Bonchev–Trinajstić information content (AvgIpc) is 3.34. The van der Waals surface area contributed by atoms with Gasteiger partial charge in [0.25, 0.3) is 5.56 Å². The number of fused-ring (bicyclic) bond motifs is 1. The summed E-state index contributed by atoms with van der Waals surface area (Å²) in [6, 6.07) is 11.3. The van der Waals surface area contributed by atoms with Crippen LogP contribution in [0.1, 0.15) is 31.7 Å². The SMILES string of the molecule is NC(=O)ON1CCN(c2ccc(Nc3nnc4ccc(=O)n(C5CCCC5)c4n3)cc2)CC1. The van der Waals surface area contributed by atoms with Gasteiger partial charge in [-0.25, -0.2) is 4.79 Å². The van der Waals surface area contributed by atoms with Gasteiger partial charge in [-0.3, -0.25) is 9.36 Å². The molecular formula is C22H26N8O3. The number of hydrogen-bond donors (Lipinski definition) is 2. The van der Waals surface area contributed by atoms with Gasteiger partial charge in [0.2, 0.25) is 5.95 Å². The van der Waals surface area contributed by atoms with Crippen LogP contribution in [-0.4, -0.2) is 57.1 Å². The second-order valence-corrected chi connectivity index (χ2v) is 8.32. The molecule has 3 N–H and O–H groups in total. The Labute approximate surface area is 190 Å². The first-order chi connectivity index (χ1) is 16.1. The van der Waals surface area contributed by atoms with Gasteiger partial charge in [-0.2, -0.15) is 4.98 Å². The molecule has 33 heavy (non-hydrogen) atoms. The standard InChI is InChI=1S/C22H26N8O3/c23-21(32)33-29-13-11-28(12-14-29)16-7-5-15(6-8-16)24-22-25-20-18(26-27-22)9-10-19(31)30(20)17-3-1-2-4-17/h5-10,17H,1-4,11-14H2,(H2,23,32)(H,24,25,27). The largest absolute Gasteiger partial charge is 0.423 e. The number of carbonyl (C=O) groups is 1. The number of rotatable bonds is 5. The normalized spacial score (nSPS) is 17.4. The van der Waals surface area contributed by atoms with Crippen molar-refractivity contribution in [2.75, 3.05) is 36.4 Å². The summed E-state index contributed by atoms with van der Waals surface area (Å²) in [6.07, 6.45) is 3.42. The lowest BCUT2D eigenvalue weighted by molar-refractivity contribution is -0.0986. The highest BCUT2D eigenvalue weighted by molar-refractivity contribution is 5.71. The van der Waals surface area contributed by atoms with E-state index in [2.05, 4.69) is 25.4 Å². The molecule has 3 aromatic rings. The van der Waals surface area contributed by atoms with E-state index >= 15 is 0 Å². The van der Waals surface area contributed by atoms with Crippen LogP contribution in [0.25, 0.3) is 11.2 Å². The predicted octanol–water partition coefficient (Wildman–Crippen LogP) is 2.18. The molecule has 0 spiro atoms. The topological polar surface area (TPSA) is 132 Å². The van der Waals surface area contributed by atoms with Crippen molar-refractivity contribution in [3.05, 3.63) is 46.8 Å². The minimum atomic E-state index is -0.787. The van der Waals surface area contributed by atoms with Crippen LogP contribution in [0.5, 0.6) is 0 Å². The summed E-state index contributed by atoms with van der Waals surface area (Å²) in [4.78, 5) is 35.2. The molecule has 2 aliphatic rings. The van der Waals surface area contributed by atoms with Gasteiger partial charge in [0.15, 0.2) is 5.65 Å². The summed E-state index contributed by atoms with van der Waals surface area (Å²) in [5.41, 5.74) is 8.09. The summed E-state index contributed by atoms with van der Waals surface area (Å²) in [5.74, 6) is 0.352. The summed E-state index contributed by atoms with van der Waals surface area (Å²) in [6.45, 7) is 2.61. The van der Waals surface area contributed by atoms with E-state index in [4.69, 9.17) is 10.6 Å². The lowest BCUT2D eigenvalue weighted by Crippen LogP contribution is -2.47. The minimum Gasteiger partial charge on any atom is -0.369 e. The molecule has 3 heterocycles. The molecule has 1 saturated carbocycles. The van der Waals surface area contributed by atoms with Crippen LogP contribution in [0.4, 0.5) is 22.1 Å². The molecule has 0 bridgehead atoms. The Balaban J connectivity index is 1.30. The Morgan fingerprint density at radius 3 is 2.42 bits per heavy atom. The zero-order chi connectivity index (χ0) is 22.8. The van der Waals surface area contributed by atoms with Crippen LogP contribution in [0.15, 0.2) is 41.2 Å². The van der Waals surface area contributed by atoms with E-state index in [0.717, 1.165) is 50.1 Å². The number of aromatic nitrogens is 4. The van der Waals surface area contributed by atoms with Gasteiger partial charge in [-0.05, 0) is 43.2 Å². The van der Waals surface area contributed by atoms with Crippen LogP contribution >= 0.6 is 0 Å². The van der Waals surface area contributed by atoms with Gasteiger partial charge in [-0.15, -0.1) is 15.3 Å². The number of hydrogen-bond acceptors (Lipinski definition) is 9. The summed E-state index contributed by atoms with van der Waals surface area (Å²) in [7, 11) is 0. The highest BCUT2D eigenvalue weighted by atomic mass is 16.7. The molecule has 0 atom stereocenters. The number of hydroxylamine groups is 2. The first kappa shape index (κ1) is 21.1. The molecule has 1 saturated heterocycles. The van der Waals surface area contributed by atoms with Gasteiger partial charge in [0, 0.05) is 36.6 Å². The maximum atomic E-state index is 12.6. The van der Waals surface area contributed by atoms with Crippen LogP contribution in [-0.2, 0) is 4.84 Å². The molecule has 0 radical (unpaired) electrons. The number of nitrogens with two attached hydrogens (primary N) is 1. The fourth-order valence-corrected chi connectivity index (χ4v) is 4.56. The van der Waals surface area contributed by atoms with Gasteiger partial charge < -0.3 is 20.8 Å². The third kappa shape index (κ3) is 4.58. The van der Waals surface area contributed by atoms with Gasteiger partial charge in [-0.1, -0.05) is 12.8 Å². The van der Waals surface area contributed by atoms with Crippen molar-refractivity contribution in [3.63, 3.8) is 0 Å². The van der Waals surface area contributed by atoms with Crippen molar-refractivity contribution in [1.29, 1.82) is 0 Å². The number of primary amides is 1. The molecule has 11 nitrogen and oxygen atoms in total. The molecular weight excluding hydrogens is 424 g/mol. The van der Waals surface area contributed by atoms with Crippen molar-refractivity contribution >= 4 is 34.6 Å². The van der Waals surface area contributed by atoms with E-state index in [9.17, 15) is 9.59 Å². The quantitative estimate of drug-likeness (QED) is 0.600. The number of nitrogens with zero attached hydrogens (tertiary/aromatic N) is 6. The second-order valence-electron chi connectivity index (χ2n) is 8.32. The Morgan fingerprint density at radius 1 is 1.00 bits per heavy atom. The number of nitrogens with one attached hydrogen (secondary N) is 1. The van der Waals surface area contributed by atoms with Gasteiger partial charge in [0.1, 0.15) is 5.52 Å². The van der Waals surface area contributed by atoms with Crippen LogP contribution in [0, 0.1) is 0 Å². The van der Waals surface area contributed by atoms with Gasteiger partial charge in [0.05, 0.1) is 13.1 Å². The highest BCUT2D eigenvalue weighted by Crippen LogP contribution is 2.30. The zero-order valence-electron chi connectivity index (χ0n) is 18.2. The molecule has 5 rings (SSSR count). The monoisotopic (exact) mass is 450 g/mol. The molecule has 1 aliphatic heterocycles. The smallest absolute Gasteiger partial charge is 0.369 e. The van der Waals surface area contributed by atoms with E-state index < -0.39 is 6.09 Å². The number of piperazine rings is 1. The predicted molar refractivity (Wildman–Crippen MR) is 123 cm³/mol. The van der Waals surface area contributed by atoms with Crippen molar-refractivity contribution in [2.45, 2.75) is 31.7 Å². The third-order valence-corrected chi connectivity index (χ3v) is 6.18. The van der Waals surface area contributed by atoms with Crippen molar-refractivity contribution in [3.8, 4) is 0 Å². The third-order valence-electron chi connectivity index (χ3n) is 6.18. The van der Waals surface area contributed by atoms with Crippen molar-refractivity contribution in [2.24, 2.45) is 5.73 Å². The summed E-state index contributed by atoms with van der Waals surface area (Å²) >= 11 is 0. The van der Waals surface area contributed by atoms with Gasteiger partial charge >= 0.3 is 6.09 Å². The molecule has 1 aliphatic carbocycles. The fraction of sp³-hybridized carbons (Fsp3) is 0.409. The molecule has 2 aromatic heterocycles. The average molecular weight is 451 g/mol. The van der Waals surface area contributed by atoms with E-state index in [1.807, 2.05) is 24.3 Å². The maximum Gasteiger partial charge on any atom is 0.423 e. The Kier molecular flexibility index (Phi) is 5.78. The van der Waals surface area contributed by atoms with E-state index in [1.54, 1.807) is 21.8 Å². The van der Waals surface area contributed by atoms with E-state index in [0.29, 0.717) is 30.2 Å². The number of amides is 1. The molecule has 11 heteroatoms. The van der Waals surface area contributed by atoms with E-state index in [1.165, 1.54) is 0 Å². The van der Waals surface area contributed by atoms with E-state index in [-0.39, 0.29) is 11.6 Å². The number of benzene rings is 1. The molecule has 2 fully saturated rings. The second kappa shape index (κ2) is 9.02. The Morgan fingerprint density at radius 2 is 1.73 bits per heavy atom. The molecule has 1 aromatic carbocycles. The van der Waals surface area contributed by atoms with Crippen LogP contribution in [0.3, 0.4) is 0 Å². The molecule has 172 valence electrons. The first-order valence-corrected chi connectivity index (χ1v) is 11.2. The first-order valence-electron chi connectivity index (χ1n) is 11.2. The number of anilines is 3. The summed E-state index contributed by atoms with van der Waals surface area (Å²) < 4.78 is 1.77. The summed E-state index contributed by atoms with van der Waals surface area (Å²) in [5, 5.41) is 13.2. The number of pyridine rings is 1. The molecule has 0 unspecified atom stereocenters. The maximum absolute atomic E-state index is 12.6.